The van der Waals surface area contributed by atoms with Crippen LogP contribution in [0.15, 0.2) is 340 Å². The van der Waals surface area contributed by atoms with Gasteiger partial charge in [-0.15, -0.1) is 56.7 Å². The van der Waals surface area contributed by atoms with Crippen LogP contribution in [0, 0.1) is 48.3 Å². The van der Waals surface area contributed by atoms with Crippen LogP contribution in [0.4, 0.5) is 0 Å². The molecule has 0 radical (unpaired) electrons. The highest BCUT2D eigenvalue weighted by molar-refractivity contribution is 7.27. The summed E-state index contributed by atoms with van der Waals surface area (Å²) in [5.41, 5.74) is 21.9. The molecule has 0 saturated heterocycles. The highest BCUT2D eigenvalue weighted by Gasteiger charge is 2.29. The molecule has 0 amide bonds. The molecule has 25 rings (SSSR count). The van der Waals surface area contributed by atoms with Gasteiger partial charge in [-0.2, -0.15) is 0 Å². The minimum Gasteiger partial charge on any atom is -0.246 e. The van der Waals surface area contributed by atoms with E-state index in [1.165, 1.54) is 182 Å². The minimum absolute atomic E-state index is 0.294. The molecule has 127 heavy (non-hydrogen) atoms. The Labute approximate surface area is 766 Å². The molecule has 0 spiro atoms. The molecule has 0 aliphatic rings. The van der Waals surface area contributed by atoms with Crippen molar-refractivity contribution in [1.82, 2.24) is 9.97 Å². The summed E-state index contributed by atoms with van der Waals surface area (Å²) in [4.78, 5) is 11.0. The summed E-state index contributed by atoms with van der Waals surface area (Å²) in [7, 11) is 10.4. The molecular formula is C115H92N7S5+5. The van der Waals surface area contributed by atoms with Gasteiger partial charge in [0.25, 0.3) is 0 Å². The van der Waals surface area contributed by atoms with Gasteiger partial charge >= 0.3 is 0 Å². The lowest BCUT2D eigenvalue weighted by Gasteiger charge is -2.09. The van der Waals surface area contributed by atoms with Gasteiger partial charge in [0.2, 0.25) is 28.5 Å². The van der Waals surface area contributed by atoms with Crippen LogP contribution in [0.2, 0.25) is 0 Å². The minimum atomic E-state index is -2.26. The molecule has 0 bridgehead atoms. The van der Waals surface area contributed by atoms with Crippen molar-refractivity contribution >= 4 is 212 Å². The van der Waals surface area contributed by atoms with Crippen LogP contribution in [0.25, 0.3) is 212 Å². The van der Waals surface area contributed by atoms with E-state index in [2.05, 4.69) is 372 Å². The third kappa shape index (κ3) is 14.4. The van der Waals surface area contributed by atoms with Gasteiger partial charge in [-0.25, -0.2) is 32.8 Å². The summed E-state index contributed by atoms with van der Waals surface area (Å²) in [6.45, 7) is 6.20. The van der Waals surface area contributed by atoms with E-state index in [-0.39, 0.29) is 0 Å². The third-order valence-electron chi connectivity index (χ3n) is 25.0. The Bertz CT molecular complexity index is 8560. The molecule has 0 fully saturated rings. The van der Waals surface area contributed by atoms with E-state index in [1.54, 1.807) is 29.7 Å². The lowest BCUT2D eigenvalue weighted by Crippen LogP contribution is -2.31. The van der Waals surface area contributed by atoms with Crippen LogP contribution in [-0.2, 0) is 35.2 Å². The first kappa shape index (κ1) is 73.6. The van der Waals surface area contributed by atoms with E-state index in [4.69, 9.17) is 18.2 Å². The number of pyridine rings is 7. The number of hydrogen-bond donors (Lipinski definition) is 0. The Morgan fingerprint density at radius 3 is 1.17 bits per heavy atom. The van der Waals surface area contributed by atoms with Crippen LogP contribution >= 0.6 is 56.7 Å². The average Bonchev–Trinajstić information content (AvgIpc) is 1.56. The van der Waals surface area contributed by atoms with Crippen molar-refractivity contribution in [2.75, 3.05) is 0 Å². The van der Waals surface area contributed by atoms with Gasteiger partial charge in [0.15, 0.2) is 31.0 Å². The number of aryl methyl sites for hydroxylation is 12. The van der Waals surface area contributed by atoms with Crippen molar-refractivity contribution in [2.45, 2.75) is 48.3 Å². The SMILES string of the molecule is Cc1ccccc1-c1c2c(cc[n+]1C)sc1cc3ccccc3cc12.Cc1ccccc1-c1c2c(cc[n+]1C)sc1cc3ccccc3nc12.Cc1ccccc1-c1c2c(cc[n+]1C)sc1ccc3ccccc3c12.Cc1ccccc1-c1c2c(cc[n+]1C)sc1nc3ccccc3cc12.[2H]C([2H])([2H])c1ccc(-c2c3c(sc4ccc5ccccc5c43)c(C([2H])([2H])[2H])c[n+]2C)c(C)c1. The highest BCUT2D eigenvalue weighted by atomic mass is 32.1. The second kappa shape index (κ2) is 33.0. The smallest absolute Gasteiger partial charge is 0.223 e. The molecule has 0 aliphatic carbocycles. The first-order valence-electron chi connectivity index (χ1n) is 45.7. The normalized spacial score (nSPS) is 12.5. The van der Waals surface area contributed by atoms with Crippen molar-refractivity contribution in [3.05, 3.63) is 379 Å². The van der Waals surface area contributed by atoms with Crippen LogP contribution in [0.3, 0.4) is 0 Å². The Kier molecular flexibility index (Phi) is 19.1. The highest BCUT2D eigenvalue weighted by Crippen LogP contribution is 2.48. The number of para-hydroxylation sites is 2. The van der Waals surface area contributed by atoms with Gasteiger partial charge in [-0.3, -0.25) is 0 Å². The van der Waals surface area contributed by atoms with Crippen molar-refractivity contribution in [3.8, 4) is 56.3 Å². The summed E-state index contributed by atoms with van der Waals surface area (Å²) in [6.07, 6.45) is 10.4. The summed E-state index contributed by atoms with van der Waals surface area (Å²) >= 11 is 8.87. The zero-order valence-corrected chi connectivity index (χ0v) is 76.1. The average molecular weight is 1740 g/mol. The molecule has 0 aliphatic heterocycles. The maximum Gasteiger partial charge on any atom is 0.223 e. The maximum absolute atomic E-state index is 8.17. The number of fused-ring (bicyclic) bond motifs is 22. The fourth-order valence-electron chi connectivity index (χ4n) is 18.8. The zero-order valence-electron chi connectivity index (χ0n) is 78.0. The topological polar surface area (TPSA) is 45.2 Å². The van der Waals surface area contributed by atoms with Crippen molar-refractivity contribution in [1.29, 1.82) is 0 Å². The molecule has 13 aromatic carbocycles. The van der Waals surface area contributed by atoms with Crippen LogP contribution in [-0.4, -0.2) is 9.97 Å². The van der Waals surface area contributed by atoms with E-state index in [0.717, 1.165) is 69.1 Å². The first-order chi connectivity index (χ1) is 64.4. The number of nitrogens with zero attached hydrogens (tertiary/aromatic N) is 7. The van der Waals surface area contributed by atoms with Gasteiger partial charge in [-0.1, -0.05) is 212 Å². The van der Waals surface area contributed by atoms with Gasteiger partial charge in [0.1, 0.15) is 40.1 Å². The summed E-state index contributed by atoms with van der Waals surface area (Å²) in [5.74, 6) is 0. The number of hydrogen-bond acceptors (Lipinski definition) is 7. The summed E-state index contributed by atoms with van der Waals surface area (Å²) in [5, 5.41) is 21.0. The molecule has 0 N–H and O–H groups in total. The van der Waals surface area contributed by atoms with Gasteiger partial charge in [-0.05, 0) is 187 Å². The quantitative estimate of drug-likeness (QED) is 0.161. The van der Waals surface area contributed by atoms with Gasteiger partial charge < -0.3 is 0 Å². The van der Waals surface area contributed by atoms with Crippen molar-refractivity contribution in [2.24, 2.45) is 35.2 Å². The van der Waals surface area contributed by atoms with Crippen LogP contribution < -0.4 is 22.8 Å². The Hall–Kier alpha value is -13.7. The number of benzene rings is 13. The van der Waals surface area contributed by atoms with Gasteiger partial charge in [0.05, 0.1) is 52.9 Å². The van der Waals surface area contributed by atoms with E-state index >= 15 is 0 Å². The molecular weight excluding hydrogens is 1640 g/mol. The lowest BCUT2D eigenvalue weighted by molar-refractivity contribution is -0.659. The third-order valence-corrected chi connectivity index (χ3v) is 30.6. The standard InChI is InChI=1S/C25H22NS.2C23H18NS.2C22H17N2S/c1-15-9-11-19(16(2)13-15)24-23-22-20-8-6-5-7-18(20)10-12-21(22)27-25(23)17(3)14-26(24)4;1-15-7-3-6-10-18(15)23-22-19-13-16-8-4-5-9-17(16)14-21(19)25-20(22)11-12-24(23)2;1-15-7-3-5-9-17(15)23-22-20(13-14-24(23)2)25-19-12-11-16-8-4-6-10-18(16)21(19)22;1-14-7-3-5-9-16(14)21-20-17-13-15-8-4-6-10-18(15)23-22(17)25-19(20)11-12-24(21)2;1-14-7-3-5-9-16(14)22-20-18(11-12-24(22)2)25-19-13-15-8-4-6-10-17(15)23-21(19)20/h5-14H,1-4H3;2*3-14H,1-2H3;2*3-13H,1-2H3/q5*+1/i1D3,3D3;;;;. The Morgan fingerprint density at radius 1 is 0.244 bits per heavy atom. The Balaban J connectivity index is 0.000000100. The monoisotopic (exact) mass is 1740 g/mol. The van der Waals surface area contributed by atoms with E-state index in [9.17, 15) is 0 Å². The summed E-state index contributed by atoms with van der Waals surface area (Å²) in [6, 6.07) is 109. The zero-order chi connectivity index (χ0) is 91.6. The molecule has 0 unspecified atom stereocenters. The molecule has 0 atom stereocenters. The Morgan fingerprint density at radius 2 is 0.630 bits per heavy atom. The van der Waals surface area contributed by atoms with Gasteiger partial charge in [0, 0.05) is 131 Å². The van der Waals surface area contributed by atoms with E-state index in [1.807, 2.05) is 76.8 Å². The molecule has 7 nitrogen and oxygen atoms in total. The molecule has 12 heterocycles. The van der Waals surface area contributed by atoms with Crippen molar-refractivity contribution in [3.63, 3.8) is 0 Å². The number of aromatic nitrogens is 7. The fourth-order valence-corrected chi connectivity index (χ4v) is 24.3. The van der Waals surface area contributed by atoms with Crippen molar-refractivity contribution < 1.29 is 31.1 Å². The predicted molar refractivity (Wildman–Crippen MR) is 546 cm³/mol. The summed E-state index contributed by atoms with van der Waals surface area (Å²) < 4.78 is 69.6. The molecule has 12 aromatic heterocycles. The van der Waals surface area contributed by atoms with E-state index < -0.39 is 13.7 Å². The van der Waals surface area contributed by atoms with Crippen LogP contribution in [0.1, 0.15) is 47.2 Å². The first-order valence-corrected chi connectivity index (χ1v) is 46.8. The second-order valence-electron chi connectivity index (χ2n) is 33.1. The fraction of sp³-hybridized carbons (Fsp3) is 0.104. The lowest BCUT2D eigenvalue weighted by atomic mass is 9.96. The van der Waals surface area contributed by atoms with Crippen LogP contribution in [0.5, 0.6) is 0 Å². The number of thiophene rings is 5. The molecule has 12 heteroatoms. The number of rotatable bonds is 5. The van der Waals surface area contributed by atoms with E-state index in [0.29, 0.717) is 11.1 Å². The molecule has 612 valence electrons. The maximum atomic E-state index is 8.17. The largest absolute Gasteiger partial charge is 0.246 e. The second-order valence-corrected chi connectivity index (χ2v) is 38.5. The molecule has 0 saturated carbocycles. The molecule has 25 aromatic rings. The predicted octanol–water partition coefficient (Wildman–Crippen LogP) is 29.4.